The Morgan fingerprint density at radius 1 is 1.27 bits per heavy atom. The van der Waals surface area contributed by atoms with E-state index in [1.165, 1.54) is 12.3 Å². The number of nitrogens with zero attached hydrogens (tertiary/aromatic N) is 4. The van der Waals surface area contributed by atoms with E-state index in [4.69, 9.17) is 4.74 Å². The minimum absolute atomic E-state index is 0.111. The van der Waals surface area contributed by atoms with E-state index in [9.17, 15) is 14.7 Å². The fourth-order valence-corrected chi connectivity index (χ4v) is 5.00. The van der Waals surface area contributed by atoms with Crippen molar-refractivity contribution < 1.29 is 14.6 Å². The van der Waals surface area contributed by atoms with Crippen LogP contribution in [0.1, 0.15) is 53.5 Å². The van der Waals surface area contributed by atoms with Crippen LogP contribution in [-0.4, -0.2) is 44.1 Å². The van der Waals surface area contributed by atoms with Crippen LogP contribution in [0.2, 0.25) is 0 Å². The first-order valence-corrected chi connectivity index (χ1v) is 10.7. The second-order valence-electron chi connectivity index (χ2n) is 9.11. The molecule has 168 valence electrons. The van der Waals surface area contributed by atoms with Gasteiger partial charge in [-0.25, -0.2) is 9.78 Å². The van der Waals surface area contributed by atoms with Gasteiger partial charge in [0.2, 0.25) is 0 Å². The molecule has 2 unspecified atom stereocenters. The Morgan fingerprint density at radius 2 is 2.06 bits per heavy atom. The fraction of sp³-hybridized carbons (Fsp3) is 0.320. The molecule has 1 saturated heterocycles. The standard InChI is InChI=1S/C25H24N4O4/c1-25(2)11-22(33-4)23-18-9-15(5-7-16-12-26-14-27(16)3)6-8-17(18)20-10-21(30)19(24(31)32)13-28(20)29(23)25/h6,8-10,12-14,22-23H,11H2,1-4H3,(H,31,32). The van der Waals surface area contributed by atoms with Gasteiger partial charge < -0.3 is 14.4 Å². The maximum Gasteiger partial charge on any atom is 0.341 e. The number of fused-ring (bicyclic) bond motifs is 6. The van der Waals surface area contributed by atoms with Gasteiger partial charge in [0.05, 0.1) is 35.9 Å². The molecule has 2 aliphatic heterocycles. The average Bonchev–Trinajstić information content (AvgIpc) is 3.31. The van der Waals surface area contributed by atoms with Crippen molar-refractivity contribution in [1.29, 1.82) is 0 Å². The van der Waals surface area contributed by atoms with E-state index in [2.05, 4.69) is 35.7 Å². The Hall–Kier alpha value is -3.83. The molecule has 2 atom stereocenters. The van der Waals surface area contributed by atoms with Gasteiger partial charge in [-0.05, 0) is 37.5 Å². The molecule has 8 nitrogen and oxygen atoms in total. The number of methoxy groups -OCH3 is 1. The van der Waals surface area contributed by atoms with Crippen LogP contribution in [0.3, 0.4) is 0 Å². The first-order chi connectivity index (χ1) is 15.7. The molecule has 4 heterocycles. The summed E-state index contributed by atoms with van der Waals surface area (Å²) in [6, 6.07) is 7.16. The lowest BCUT2D eigenvalue weighted by Crippen LogP contribution is -2.50. The van der Waals surface area contributed by atoms with Crippen LogP contribution in [0.5, 0.6) is 0 Å². The van der Waals surface area contributed by atoms with Gasteiger partial charge in [-0.2, -0.15) is 0 Å². The molecule has 1 aromatic carbocycles. The molecule has 0 spiro atoms. The number of aromatic nitrogens is 3. The Labute approximate surface area is 191 Å². The van der Waals surface area contributed by atoms with E-state index in [1.54, 1.807) is 19.6 Å². The third-order valence-corrected chi connectivity index (χ3v) is 6.53. The lowest BCUT2D eigenvalue weighted by Gasteiger charge is -2.44. The lowest BCUT2D eigenvalue weighted by molar-refractivity contribution is 0.0694. The van der Waals surface area contributed by atoms with Crippen molar-refractivity contribution in [3.8, 4) is 23.1 Å². The molecule has 2 aromatic heterocycles. The molecule has 0 radical (unpaired) electrons. The van der Waals surface area contributed by atoms with E-state index in [0.717, 1.165) is 28.8 Å². The molecule has 2 aliphatic rings. The van der Waals surface area contributed by atoms with Crippen LogP contribution in [0.4, 0.5) is 0 Å². The summed E-state index contributed by atoms with van der Waals surface area (Å²) < 4.78 is 9.56. The number of pyridine rings is 1. The monoisotopic (exact) mass is 444 g/mol. The molecule has 0 amide bonds. The van der Waals surface area contributed by atoms with Gasteiger partial charge in [-0.15, -0.1) is 0 Å². The van der Waals surface area contributed by atoms with E-state index in [0.29, 0.717) is 5.69 Å². The molecule has 1 fully saturated rings. The van der Waals surface area contributed by atoms with Crippen molar-refractivity contribution in [2.45, 2.75) is 38.0 Å². The van der Waals surface area contributed by atoms with Gasteiger partial charge in [0.1, 0.15) is 11.3 Å². The predicted octanol–water partition coefficient (Wildman–Crippen LogP) is 2.54. The third kappa shape index (κ3) is 3.24. The molecule has 0 bridgehead atoms. The van der Waals surface area contributed by atoms with Crippen LogP contribution in [0.15, 0.2) is 47.8 Å². The highest BCUT2D eigenvalue weighted by atomic mass is 16.5. The zero-order valence-corrected chi connectivity index (χ0v) is 18.9. The van der Waals surface area contributed by atoms with Gasteiger partial charge in [0, 0.05) is 44.0 Å². The van der Waals surface area contributed by atoms with Crippen molar-refractivity contribution in [3.05, 3.63) is 75.6 Å². The summed E-state index contributed by atoms with van der Waals surface area (Å²) in [5.41, 5.74) is 3.08. The molecule has 5 rings (SSSR count). The number of carboxylic acids is 1. The molecule has 3 aromatic rings. The van der Waals surface area contributed by atoms with Crippen molar-refractivity contribution in [1.82, 2.24) is 14.2 Å². The summed E-state index contributed by atoms with van der Waals surface area (Å²) in [6.45, 7) is 4.19. The predicted molar refractivity (Wildman–Crippen MR) is 123 cm³/mol. The van der Waals surface area contributed by atoms with Crippen LogP contribution >= 0.6 is 0 Å². The highest BCUT2D eigenvalue weighted by Crippen LogP contribution is 2.49. The van der Waals surface area contributed by atoms with Crippen molar-refractivity contribution in [3.63, 3.8) is 0 Å². The van der Waals surface area contributed by atoms with Crippen molar-refractivity contribution >= 4 is 5.97 Å². The number of rotatable bonds is 2. The SMILES string of the molecule is COC1CC(C)(C)N2C1c1cc(C#Cc3cncn3C)ccc1-c1cc(=O)c(C(=O)O)cn12. The summed E-state index contributed by atoms with van der Waals surface area (Å²) in [4.78, 5) is 28.4. The zero-order chi connectivity index (χ0) is 23.5. The van der Waals surface area contributed by atoms with Crippen LogP contribution < -0.4 is 10.4 Å². The molecule has 8 heteroatoms. The normalized spacial score (nSPS) is 19.8. The van der Waals surface area contributed by atoms with Gasteiger partial charge >= 0.3 is 5.97 Å². The van der Waals surface area contributed by atoms with Gasteiger partial charge in [-0.3, -0.25) is 14.5 Å². The molecule has 33 heavy (non-hydrogen) atoms. The number of carbonyl (C=O) groups is 1. The quantitative estimate of drug-likeness (QED) is 0.611. The maximum absolute atomic E-state index is 12.6. The second-order valence-corrected chi connectivity index (χ2v) is 9.11. The van der Waals surface area contributed by atoms with E-state index >= 15 is 0 Å². The van der Waals surface area contributed by atoms with E-state index in [1.807, 2.05) is 34.5 Å². The van der Waals surface area contributed by atoms with Crippen molar-refractivity contribution in [2.24, 2.45) is 7.05 Å². The Bertz CT molecular complexity index is 1410. The number of benzene rings is 1. The van der Waals surface area contributed by atoms with Crippen LogP contribution in [0, 0.1) is 11.8 Å². The smallest absolute Gasteiger partial charge is 0.341 e. The maximum atomic E-state index is 12.6. The van der Waals surface area contributed by atoms with Gasteiger partial charge in [0.25, 0.3) is 0 Å². The van der Waals surface area contributed by atoms with E-state index in [-0.39, 0.29) is 23.2 Å². The number of carboxylic acid groups (broad SMARTS) is 1. The number of aromatic carboxylic acids is 1. The highest BCUT2D eigenvalue weighted by molar-refractivity contribution is 5.88. The zero-order valence-electron chi connectivity index (χ0n) is 18.9. The summed E-state index contributed by atoms with van der Waals surface area (Å²) in [7, 11) is 3.59. The average molecular weight is 444 g/mol. The van der Waals surface area contributed by atoms with E-state index < -0.39 is 11.4 Å². The molecule has 0 saturated carbocycles. The number of aryl methyl sites for hydroxylation is 1. The Kier molecular flexibility index (Phi) is 4.69. The van der Waals surface area contributed by atoms with Crippen LogP contribution in [0.25, 0.3) is 11.3 Å². The summed E-state index contributed by atoms with van der Waals surface area (Å²) in [5, 5.41) is 11.7. The Morgan fingerprint density at radius 3 is 2.73 bits per heavy atom. The minimum atomic E-state index is -1.24. The highest BCUT2D eigenvalue weighted by Gasteiger charge is 2.51. The lowest BCUT2D eigenvalue weighted by atomic mass is 9.91. The molecule has 1 N–H and O–H groups in total. The number of hydrogen-bond acceptors (Lipinski definition) is 5. The first-order valence-electron chi connectivity index (χ1n) is 10.7. The number of imidazole rings is 1. The van der Waals surface area contributed by atoms with Crippen molar-refractivity contribution in [2.75, 3.05) is 12.1 Å². The number of ether oxygens (including phenoxy) is 1. The van der Waals surface area contributed by atoms with Gasteiger partial charge in [0.15, 0.2) is 5.43 Å². The Balaban J connectivity index is 1.73. The summed E-state index contributed by atoms with van der Waals surface area (Å²) in [6.07, 6.45) is 5.49. The largest absolute Gasteiger partial charge is 0.477 e. The molecular weight excluding hydrogens is 420 g/mol. The molecule has 0 aliphatic carbocycles. The summed E-state index contributed by atoms with van der Waals surface area (Å²) >= 11 is 0. The van der Waals surface area contributed by atoms with Crippen LogP contribution in [-0.2, 0) is 11.8 Å². The first kappa shape index (κ1) is 21.0. The fourth-order valence-electron chi connectivity index (χ4n) is 5.00. The minimum Gasteiger partial charge on any atom is -0.477 e. The second kappa shape index (κ2) is 7.36. The molecular formula is C25H24N4O4. The summed E-state index contributed by atoms with van der Waals surface area (Å²) in [5.74, 6) is 5.13. The van der Waals surface area contributed by atoms with Gasteiger partial charge in [-0.1, -0.05) is 12.0 Å². The topological polar surface area (TPSA) is 89.6 Å². The third-order valence-electron chi connectivity index (χ3n) is 6.53. The number of hydrogen-bond donors (Lipinski definition) is 1.